The first-order chi connectivity index (χ1) is 7.66. The molecule has 1 atom stereocenters. The van der Waals surface area contributed by atoms with Crippen molar-refractivity contribution >= 4 is 27.5 Å². The third-order valence-corrected chi connectivity index (χ3v) is 3.87. The maximum Gasteiger partial charge on any atom is 0.0462 e. The zero-order valence-corrected chi connectivity index (χ0v) is 11.7. The molecule has 2 rings (SSSR count). The maximum absolute atomic E-state index is 6.22. The fourth-order valence-electron chi connectivity index (χ4n) is 1.99. The minimum atomic E-state index is 0.577. The van der Waals surface area contributed by atoms with Crippen LogP contribution in [-0.4, -0.2) is 30.6 Å². The zero-order valence-electron chi connectivity index (χ0n) is 9.34. The lowest BCUT2D eigenvalue weighted by Gasteiger charge is -2.34. The van der Waals surface area contributed by atoms with E-state index in [-0.39, 0.29) is 0 Å². The molecule has 88 valence electrons. The van der Waals surface area contributed by atoms with Crippen LogP contribution in [0, 0.1) is 0 Å². The summed E-state index contributed by atoms with van der Waals surface area (Å²) >= 11 is 9.65. The number of benzene rings is 1. The Balaban J connectivity index is 2.07. The van der Waals surface area contributed by atoms with Gasteiger partial charge in [0.2, 0.25) is 0 Å². The molecular formula is C12H16BrClN2. The van der Waals surface area contributed by atoms with Crippen LogP contribution in [0.4, 0.5) is 0 Å². The summed E-state index contributed by atoms with van der Waals surface area (Å²) in [6, 6.07) is 6.69. The molecule has 1 aromatic rings. The third-order valence-electron chi connectivity index (χ3n) is 3.03. The van der Waals surface area contributed by atoms with Crippen molar-refractivity contribution in [3.8, 4) is 0 Å². The van der Waals surface area contributed by atoms with Crippen LogP contribution >= 0.6 is 27.5 Å². The first kappa shape index (κ1) is 12.4. The average molecular weight is 304 g/mol. The Morgan fingerprint density at radius 1 is 1.56 bits per heavy atom. The van der Waals surface area contributed by atoms with Gasteiger partial charge in [-0.3, -0.25) is 4.90 Å². The highest BCUT2D eigenvalue weighted by molar-refractivity contribution is 9.10. The van der Waals surface area contributed by atoms with Crippen molar-refractivity contribution in [1.29, 1.82) is 0 Å². The molecule has 2 nitrogen and oxygen atoms in total. The van der Waals surface area contributed by atoms with E-state index in [1.54, 1.807) is 0 Å². The van der Waals surface area contributed by atoms with Crippen molar-refractivity contribution in [3.05, 3.63) is 33.3 Å². The number of hydrogen-bond acceptors (Lipinski definition) is 2. The van der Waals surface area contributed by atoms with Crippen LogP contribution in [0.2, 0.25) is 5.02 Å². The van der Waals surface area contributed by atoms with Crippen molar-refractivity contribution in [3.63, 3.8) is 0 Å². The summed E-state index contributed by atoms with van der Waals surface area (Å²) in [4.78, 5) is 2.46. The van der Waals surface area contributed by atoms with E-state index in [1.165, 1.54) is 5.56 Å². The molecule has 4 heteroatoms. The highest BCUT2D eigenvalue weighted by Crippen LogP contribution is 2.23. The standard InChI is InChI=1S/C12H16BrClN2/c1-9-7-15-4-5-16(9)8-10-2-3-11(13)6-12(10)14/h2-3,6,9,15H,4-5,7-8H2,1H3/t9-/m0/s1. The Bertz CT molecular complexity index is 370. The predicted molar refractivity (Wildman–Crippen MR) is 71.9 cm³/mol. The SMILES string of the molecule is C[C@H]1CNCCN1Cc1ccc(Br)cc1Cl. The number of halogens is 2. The first-order valence-electron chi connectivity index (χ1n) is 5.55. The third kappa shape index (κ3) is 2.98. The van der Waals surface area contributed by atoms with Gasteiger partial charge in [-0.15, -0.1) is 0 Å². The molecule has 0 unspecified atom stereocenters. The van der Waals surface area contributed by atoms with Gasteiger partial charge in [0.25, 0.3) is 0 Å². The van der Waals surface area contributed by atoms with Gasteiger partial charge < -0.3 is 5.32 Å². The van der Waals surface area contributed by atoms with Crippen molar-refractivity contribution in [2.24, 2.45) is 0 Å². The Morgan fingerprint density at radius 2 is 2.38 bits per heavy atom. The molecule has 16 heavy (non-hydrogen) atoms. The van der Waals surface area contributed by atoms with Crippen molar-refractivity contribution in [1.82, 2.24) is 10.2 Å². The largest absolute Gasteiger partial charge is 0.314 e. The number of nitrogens with zero attached hydrogens (tertiary/aromatic N) is 1. The van der Waals surface area contributed by atoms with E-state index >= 15 is 0 Å². The normalized spacial score (nSPS) is 22.3. The van der Waals surface area contributed by atoms with Crippen molar-refractivity contribution in [2.75, 3.05) is 19.6 Å². The second-order valence-electron chi connectivity index (χ2n) is 4.26. The van der Waals surface area contributed by atoms with Gasteiger partial charge in [-0.2, -0.15) is 0 Å². The summed E-state index contributed by atoms with van der Waals surface area (Å²) in [7, 11) is 0. The minimum absolute atomic E-state index is 0.577. The number of piperazine rings is 1. The zero-order chi connectivity index (χ0) is 11.5. The smallest absolute Gasteiger partial charge is 0.0462 e. The van der Waals surface area contributed by atoms with Gasteiger partial charge in [-0.25, -0.2) is 0 Å². The Hall–Kier alpha value is -0.0900. The van der Waals surface area contributed by atoms with Gasteiger partial charge in [0, 0.05) is 41.7 Å². The van der Waals surface area contributed by atoms with Crippen LogP contribution in [0.25, 0.3) is 0 Å². The molecule has 0 radical (unpaired) electrons. The number of hydrogen-bond donors (Lipinski definition) is 1. The molecule has 0 aromatic heterocycles. The minimum Gasteiger partial charge on any atom is -0.314 e. The summed E-state index contributed by atoms with van der Waals surface area (Å²) in [5.74, 6) is 0. The molecule has 1 heterocycles. The molecule has 1 fully saturated rings. The second kappa shape index (κ2) is 5.50. The molecule has 0 aliphatic carbocycles. The molecule has 1 N–H and O–H groups in total. The van der Waals surface area contributed by atoms with Gasteiger partial charge in [-0.05, 0) is 24.6 Å². The van der Waals surface area contributed by atoms with Gasteiger partial charge >= 0.3 is 0 Å². The Kier molecular flexibility index (Phi) is 4.25. The van der Waals surface area contributed by atoms with E-state index in [2.05, 4.69) is 39.1 Å². The quantitative estimate of drug-likeness (QED) is 0.904. The number of nitrogens with one attached hydrogen (secondary N) is 1. The number of rotatable bonds is 2. The summed E-state index contributed by atoms with van der Waals surface area (Å²) in [5.41, 5.74) is 1.21. The van der Waals surface area contributed by atoms with Crippen molar-refractivity contribution < 1.29 is 0 Å². The lowest BCUT2D eigenvalue weighted by molar-refractivity contribution is 0.165. The Morgan fingerprint density at radius 3 is 3.06 bits per heavy atom. The molecule has 0 spiro atoms. The summed E-state index contributed by atoms with van der Waals surface area (Å²) in [6.45, 7) is 6.41. The Labute approximate surface area is 110 Å². The summed E-state index contributed by atoms with van der Waals surface area (Å²) in [5, 5.41) is 4.24. The van der Waals surface area contributed by atoms with E-state index in [1.807, 2.05) is 12.1 Å². The van der Waals surface area contributed by atoms with Gasteiger partial charge in [0.1, 0.15) is 0 Å². The fourth-order valence-corrected chi connectivity index (χ4v) is 2.72. The monoisotopic (exact) mass is 302 g/mol. The summed E-state index contributed by atoms with van der Waals surface area (Å²) < 4.78 is 1.04. The van der Waals surface area contributed by atoms with Crippen LogP contribution in [0.5, 0.6) is 0 Å². The molecule has 0 bridgehead atoms. The van der Waals surface area contributed by atoms with Crippen LogP contribution in [0.3, 0.4) is 0 Å². The van der Waals surface area contributed by atoms with Crippen LogP contribution in [0.15, 0.2) is 22.7 Å². The van der Waals surface area contributed by atoms with E-state index in [4.69, 9.17) is 11.6 Å². The second-order valence-corrected chi connectivity index (χ2v) is 5.58. The molecular weight excluding hydrogens is 288 g/mol. The lowest BCUT2D eigenvalue weighted by atomic mass is 10.1. The molecule has 1 aliphatic rings. The highest BCUT2D eigenvalue weighted by atomic mass is 79.9. The van der Waals surface area contributed by atoms with Crippen molar-refractivity contribution in [2.45, 2.75) is 19.5 Å². The molecule has 0 saturated carbocycles. The molecule has 1 aliphatic heterocycles. The van der Waals surface area contributed by atoms with E-state index in [0.717, 1.165) is 35.7 Å². The fraction of sp³-hybridized carbons (Fsp3) is 0.500. The van der Waals surface area contributed by atoms with E-state index < -0.39 is 0 Å². The van der Waals surface area contributed by atoms with Gasteiger partial charge in [-0.1, -0.05) is 33.6 Å². The highest BCUT2D eigenvalue weighted by Gasteiger charge is 2.18. The van der Waals surface area contributed by atoms with Crippen LogP contribution in [-0.2, 0) is 6.54 Å². The lowest BCUT2D eigenvalue weighted by Crippen LogP contribution is -2.49. The predicted octanol–water partition coefficient (Wildman–Crippen LogP) is 2.90. The van der Waals surface area contributed by atoms with Gasteiger partial charge in [0.05, 0.1) is 0 Å². The van der Waals surface area contributed by atoms with Crippen LogP contribution < -0.4 is 5.32 Å². The van der Waals surface area contributed by atoms with Gasteiger partial charge in [0.15, 0.2) is 0 Å². The summed E-state index contributed by atoms with van der Waals surface area (Å²) in [6.07, 6.45) is 0. The maximum atomic E-state index is 6.22. The average Bonchev–Trinajstić information content (AvgIpc) is 2.25. The molecule has 1 saturated heterocycles. The van der Waals surface area contributed by atoms with E-state index in [0.29, 0.717) is 6.04 Å². The topological polar surface area (TPSA) is 15.3 Å². The van der Waals surface area contributed by atoms with Crippen LogP contribution in [0.1, 0.15) is 12.5 Å². The molecule has 0 amide bonds. The molecule has 1 aromatic carbocycles. The van der Waals surface area contributed by atoms with E-state index in [9.17, 15) is 0 Å². The first-order valence-corrected chi connectivity index (χ1v) is 6.72.